The Balaban J connectivity index is 2.80. The van der Waals surface area contributed by atoms with Gasteiger partial charge in [-0.3, -0.25) is 9.59 Å². The summed E-state index contributed by atoms with van der Waals surface area (Å²) in [6.07, 6.45) is 1.44. The molecule has 8 heteroatoms. The third-order valence-electron chi connectivity index (χ3n) is 3.62. The standard InChI is InChI=1S/C17H29N3O4S/c1-7-8-10(19-14(23)12(21)16(2,3)4)13(22)20-15-18-9-11(25-15)17(5,6)24/h9-10,12,21,24H,7-8H2,1-6H3,(H,19,23)(H,18,20,22)/t10-,12+/m0/s1. The van der Waals surface area contributed by atoms with Crippen LogP contribution >= 0.6 is 11.3 Å². The topological polar surface area (TPSA) is 112 Å². The highest BCUT2D eigenvalue weighted by Crippen LogP contribution is 2.28. The summed E-state index contributed by atoms with van der Waals surface area (Å²) >= 11 is 1.18. The van der Waals surface area contributed by atoms with Gasteiger partial charge in [0.1, 0.15) is 12.1 Å². The first-order valence-electron chi connectivity index (χ1n) is 8.34. The molecule has 142 valence electrons. The normalized spacial score (nSPS) is 14.7. The lowest BCUT2D eigenvalue weighted by molar-refractivity contribution is -0.137. The zero-order valence-corrected chi connectivity index (χ0v) is 16.5. The van der Waals surface area contributed by atoms with Crippen molar-refractivity contribution in [3.63, 3.8) is 0 Å². The molecule has 4 N–H and O–H groups in total. The van der Waals surface area contributed by atoms with Crippen LogP contribution in [0.5, 0.6) is 0 Å². The number of nitrogens with zero attached hydrogens (tertiary/aromatic N) is 1. The molecule has 0 aliphatic carbocycles. The number of anilines is 1. The number of aliphatic hydroxyl groups excluding tert-OH is 1. The first-order valence-corrected chi connectivity index (χ1v) is 9.16. The summed E-state index contributed by atoms with van der Waals surface area (Å²) in [5.41, 5.74) is -1.65. The second-order valence-corrected chi connectivity index (χ2v) is 8.73. The Labute approximate surface area is 152 Å². The molecule has 7 nitrogen and oxygen atoms in total. The van der Waals surface area contributed by atoms with E-state index in [1.54, 1.807) is 34.6 Å². The highest BCUT2D eigenvalue weighted by Gasteiger charge is 2.32. The first kappa shape index (κ1) is 21.5. The predicted octanol–water partition coefficient (Wildman–Crippen LogP) is 2.00. The van der Waals surface area contributed by atoms with Crippen molar-refractivity contribution >= 4 is 28.3 Å². The molecule has 0 aromatic carbocycles. The van der Waals surface area contributed by atoms with Gasteiger partial charge >= 0.3 is 0 Å². The SMILES string of the molecule is CCC[C@H](NC(=O)[C@@H](O)C(C)(C)C)C(=O)Nc1ncc(C(C)(C)O)s1. The number of hydrogen-bond acceptors (Lipinski definition) is 6. The van der Waals surface area contributed by atoms with E-state index in [1.807, 2.05) is 6.92 Å². The summed E-state index contributed by atoms with van der Waals surface area (Å²) in [7, 11) is 0. The fourth-order valence-electron chi connectivity index (χ4n) is 2.01. The summed E-state index contributed by atoms with van der Waals surface area (Å²) in [5, 5.41) is 25.6. The highest BCUT2D eigenvalue weighted by molar-refractivity contribution is 7.15. The summed E-state index contributed by atoms with van der Waals surface area (Å²) < 4.78 is 0. The van der Waals surface area contributed by atoms with Gasteiger partial charge in [0.25, 0.3) is 0 Å². The van der Waals surface area contributed by atoms with Crippen LogP contribution in [-0.2, 0) is 15.2 Å². The lowest BCUT2D eigenvalue weighted by Crippen LogP contribution is -2.50. The second kappa shape index (κ2) is 8.25. The van der Waals surface area contributed by atoms with Crippen molar-refractivity contribution in [2.75, 3.05) is 5.32 Å². The number of nitrogens with one attached hydrogen (secondary N) is 2. The smallest absolute Gasteiger partial charge is 0.250 e. The Morgan fingerprint density at radius 3 is 2.28 bits per heavy atom. The quantitative estimate of drug-likeness (QED) is 0.586. The maximum Gasteiger partial charge on any atom is 0.250 e. The van der Waals surface area contributed by atoms with E-state index in [1.165, 1.54) is 17.5 Å². The molecule has 1 rings (SSSR count). The van der Waals surface area contributed by atoms with Crippen LogP contribution in [0.2, 0.25) is 0 Å². The number of amides is 2. The summed E-state index contributed by atoms with van der Waals surface area (Å²) in [6, 6.07) is -0.760. The van der Waals surface area contributed by atoms with Crippen LogP contribution < -0.4 is 10.6 Å². The lowest BCUT2D eigenvalue weighted by atomic mass is 9.88. The zero-order chi connectivity index (χ0) is 19.4. The monoisotopic (exact) mass is 371 g/mol. The van der Waals surface area contributed by atoms with Crippen molar-refractivity contribution in [3.05, 3.63) is 11.1 Å². The van der Waals surface area contributed by atoms with E-state index in [9.17, 15) is 19.8 Å². The van der Waals surface area contributed by atoms with E-state index in [0.29, 0.717) is 22.9 Å². The second-order valence-electron chi connectivity index (χ2n) is 7.70. The zero-order valence-electron chi connectivity index (χ0n) is 15.7. The van der Waals surface area contributed by atoms with Crippen molar-refractivity contribution in [1.29, 1.82) is 0 Å². The molecule has 1 aromatic heterocycles. The summed E-state index contributed by atoms with van der Waals surface area (Å²) in [4.78, 5) is 29.4. The molecular weight excluding hydrogens is 342 g/mol. The average molecular weight is 372 g/mol. The van der Waals surface area contributed by atoms with Gasteiger partial charge in [0.2, 0.25) is 11.8 Å². The number of carbonyl (C=O) groups is 2. The van der Waals surface area contributed by atoms with Crippen molar-refractivity contribution in [3.8, 4) is 0 Å². The van der Waals surface area contributed by atoms with Gasteiger partial charge in [0, 0.05) is 6.20 Å². The van der Waals surface area contributed by atoms with Gasteiger partial charge in [0.05, 0.1) is 10.5 Å². The molecule has 0 spiro atoms. The largest absolute Gasteiger partial charge is 0.385 e. The molecule has 25 heavy (non-hydrogen) atoms. The van der Waals surface area contributed by atoms with Crippen LogP contribution in [-0.4, -0.2) is 39.2 Å². The van der Waals surface area contributed by atoms with Crippen molar-refractivity contribution in [2.45, 2.75) is 72.1 Å². The van der Waals surface area contributed by atoms with Gasteiger partial charge in [-0.25, -0.2) is 4.98 Å². The number of thiazole rings is 1. The van der Waals surface area contributed by atoms with Gasteiger partial charge in [-0.2, -0.15) is 0 Å². The molecule has 0 fully saturated rings. The summed E-state index contributed by atoms with van der Waals surface area (Å²) in [6.45, 7) is 10.4. The molecule has 0 aliphatic rings. The molecule has 1 aromatic rings. The fourth-order valence-corrected chi connectivity index (χ4v) is 2.83. The van der Waals surface area contributed by atoms with E-state index >= 15 is 0 Å². The van der Waals surface area contributed by atoms with Crippen molar-refractivity contribution < 1.29 is 19.8 Å². The molecule has 0 aliphatic heterocycles. The molecular formula is C17H29N3O4S. The average Bonchev–Trinajstić information content (AvgIpc) is 2.93. The summed E-state index contributed by atoms with van der Waals surface area (Å²) in [5.74, 6) is -0.967. The molecule has 0 bridgehead atoms. The first-order chi connectivity index (χ1) is 11.4. The van der Waals surface area contributed by atoms with E-state index in [4.69, 9.17) is 0 Å². The van der Waals surface area contributed by atoms with Crippen molar-refractivity contribution in [2.24, 2.45) is 5.41 Å². The number of rotatable bonds is 7. The minimum atomic E-state index is -1.21. The van der Waals surface area contributed by atoms with Crippen LogP contribution in [0.4, 0.5) is 5.13 Å². The van der Waals surface area contributed by atoms with Gasteiger partial charge in [-0.1, -0.05) is 45.5 Å². The third-order valence-corrected chi connectivity index (χ3v) is 4.84. The highest BCUT2D eigenvalue weighted by atomic mass is 32.1. The Morgan fingerprint density at radius 1 is 1.24 bits per heavy atom. The van der Waals surface area contributed by atoms with Crippen LogP contribution in [0.1, 0.15) is 59.3 Å². The molecule has 1 heterocycles. The van der Waals surface area contributed by atoms with Gasteiger partial charge in [-0.05, 0) is 25.7 Å². The van der Waals surface area contributed by atoms with Gasteiger partial charge in [-0.15, -0.1) is 0 Å². The van der Waals surface area contributed by atoms with E-state index < -0.39 is 35.0 Å². The Kier molecular flexibility index (Phi) is 7.10. The molecule has 0 saturated carbocycles. The predicted molar refractivity (Wildman–Crippen MR) is 98.3 cm³/mol. The fraction of sp³-hybridized carbons (Fsp3) is 0.706. The third kappa shape index (κ3) is 6.37. The van der Waals surface area contributed by atoms with E-state index in [-0.39, 0.29) is 0 Å². The number of hydrogen-bond donors (Lipinski definition) is 4. The molecule has 2 atom stereocenters. The van der Waals surface area contributed by atoms with Crippen LogP contribution in [0, 0.1) is 5.41 Å². The molecule has 2 amide bonds. The Bertz CT molecular complexity index is 602. The number of aromatic nitrogens is 1. The maximum atomic E-state index is 12.5. The molecule has 0 unspecified atom stereocenters. The van der Waals surface area contributed by atoms with Gasteiger partial charge in [0.15, 0.2) is 5.13 Å². The van der Waals surface area contributed by atoms with Gasteiger partial charge < -0.3 is 20.8 Å². The van der Waals surface area contributed by atoms with Crippen LogP contribution in [0.25, 0.3) is 0 Å². The molecule has 0 radical (unpaired) electrons. The maximum absolute atomic E-state index is 12.5. The van der Waals surface area contributed by atoms with Crippen LogP contribution in [0.15, 0.2) is 6.20 Å². The van der Waals surface area contributed by atoms with Crippen LogP contribution in [0.3, 0.4) is 0 Å². The Morgan fingerprint density at radius 2 is 1.84 bits per heavy atom. The van der Waals surface area contributed by atoms with E-state index in [0.717, 1.165) is 0 Å². The Hall–Kier alpha value is -1.51. The minimum Gasteiger partial charge on any atom is -0.385 e. The minimum absolute atomic E-state index is 0.355. The number of carbonyl (C=O) groups excluding carboxylic acids is 2. The van der Waals surface area contributed by atoms with E-state index in [2.05, 4.69) is 15.6 Å². The van der Waals surface area contributed by atoms with Crippen molar-refractivity contribution in [1.82, 2.24) is 10.3 Å². The lowest BCUT2D eigenvalue weighted by Gasteiger charge is -2.26. The number of aliphatic hydroxyl groups is 2. The molecule has 0 saturated heterocycles.